The van der Waals surface area contributed by atoms with Crippen molar-refractivity contribution in [3.05, 3.63) is 83.9 Å². The fourth-order valence-electron chi connectivity index (χ4n) is 2.64. The quantitative estimate of drug-likeness (QED) is 0.336. The molecule has 1 aromatic heterocycles. The summed E-state index contributed by atoms with van der Waals surface area (Å²) in [6, 6.07) is 24.5. The van der Waals surface area contributed by atoms with Crippen molar-refractivity contribution in [1.82, 2.24) is 4.98 Å². The standard InChI is InChI=1S/C22H20N4S/c1-15-7-11-17(12-8-15)23-21(24-18-13-9-16(2)10-14-18)26-22-25-19-5-3-4-6-20(19)27-22/h3-14H,1-2H3,(H2,23,24,25,26). The molecule has 2 N–H and O–H groups in total. The van der Waals surface area contributed by atoms with Gasteiger partial charge in [0.2, 0.25) is 11.1 Å². The van der Waals surface area contributed by atoms with E-state index in [0.29, 0.717) is 11.1 Å². The summed E-state index contributed by atoms with van der Waals surface area (Å²) in [7, 11) is 0. The summed E-state index contributed by atoms with van der Waals surface area (Å²) in [5.41, 5.74) is 5.35. The largest absolute Gasteiger partial charge is 0.326 e. The van der Waals surface area contributed by atoms with E-state index in [4.69, 9.17) is 4.99 Å². The van der Waals surface area contributed by atoms with E-state index in [1.54, 1.807) is 11.3 Å². The number of benzene rings is 3. The molecule has 0 bridgehead atoms. The Hall–Kier alpha value is -3.18. The first-order valence-corrected chi connectivity index (χ1v) is 9.59. The highest BCUT2D eigenvalue weighted by Gasteiger charge is 2.06. The van der Waals surface area contributed by atoms with Crippen LogP contribution in [0.2, 0.25) is 0 Å². The highest BCUT2D eigenvalue weighted by atomic mass is 32.1. The molecule has 3 aromatic carbocycles. The van der Waals surface area contributed by atoms with E-state index in [2.05, 4.69) is 59.8 Å². The first-order valence-electron chi connectivity index (χ1n) is 8.77. The Morgan fingerprint density at radius 3 is 1.89 bits per heavy atom. The van der Waals surface area contributed by atoms with Crippen LogP contribution in [0.5, 0.6) is 0 Å². The molecule has 0 radical (unpaired) electrons. The second kappa shape index (κ2) is 7.60. The van der Waals surface area contributed by atoms with E-state index < -0.39 is 0 Å². The number of nitrogens with zero attached hydrogens (tertiary/aromatic N) is 2. The second-order valence-electron chi connectivity index (χ2n) is 6.41. The van der Waals surface area contributed by atoms with Gasteiger partial charge in [0, 0.05) is 11.4 Å². The molecule has 0 fully saturated rings. The molecule has 27 heavy (non-hydrogen) atoms. The first kappa shape index (κ1) is 17.2. The summed E-state index contributed by atoms with van der Waals surface area (Å²) in [6.45, 7) is 4.15. The zero-order valence-corrected chi connectivity index (χ0v) is 16.0. The Kier molecular flexibility index (Phi) is 4.85. The van der Waals surface area contributed by atoms with Crippen molar-refractivity contribution in [3.63, 3.8) is 0 Å². The average Bonchev–Trinajstić information content (AvgIpc) is 3.08. The van der Waals surface area contributed by atoms with E-state index in [1.807, 2.05) is 42.5 Å². The van der Waals surface area contributed by atoms with Gasteiger partial charge < -0.3 is 10.6 Å². The van der Waals surface area contributed by atoms with Crippen molar-refractivity contribution in [2.75, 3.05) is 10.6 Å². The van der Waals surface area contributed by atoms with Gasteiger partial charge in [-0.1, -0.05) is 58.9 Å². The van der Waals surface area contributed by atoms with E-state index in [9.17, 15) is 0 Å². The third-order valence-corrected chi connectivity index (χ3v) is 5.05. The predicted molar refractivity (Wildman–Crippen MR) is 116 cm³/mol. The Balaban J connectivity index is 1.67. The minimum Gasteiger partial charge on any atom is -0.326 e. The lowest BCUT2D eigenvalue weighted by Gasteiger charge is -2.12. The molecule has 0 saturated carbocycles. The van der Waals surface area contributed by atoms with Gasteiger partial charge in [0.05, 0.1) is 10.2 Å². The SMILES string of the molecule is Cc1ccc(NC(=Nc2nc3ccccc3s2)Nc2ccc(C)cc2)cc1. The summed E-state index contributed by atoms with van der Waals surface area (Å²) in [4.78, 5) is 9.35. The maximum atomic E-state index is 4.73. The van der Waals surface area contributed by atoms with Crippen molar-refractivity contribution >= 4 is 44.0 Å². The summed E-state index contributed by atoms with van der Waals surface area (Å²) in [5.74, 6) is 0.641. The van der Waals surface area contributed by atoms with Crippen LogP contribution in [-0.4, -0.2) is 10.9 Å². The van der Waals surface area contributed by atoms with Crippen molar-refractivity contribution < 1.29 is 0 Å². The van der Waals surface area contributed by atoms with E-state index in [-0.39, 0.29) is 0 Å². The van der Waals surface area contributed by atoms with Crippen LogP contribution < -0.4 is 10.6 Å². The number of aliphatic imine (C=N–C) groups is 1. The number of anilines is 2. The van der Waals surface area contributed by atoms with Gasteiger partial charge >= 0.3 is 0 Å². The van der Waals surface area contributed by atoms with Gasteiger partial charge in [-0.25, -0.2) is 4.98 Å². The number of guanidine groups is 1. The van der Waals surface area contributed by atoms with Crippen molar-refractivity contribution in [3.8, 4) is 0 Å². The molecule has 4 aromatic rings. The Bertz CT molecular complexity index is 997. The smallest absolute Gasteiger partial charge is 0.213 e. The molecule has 0 unspecified atom stereocenters. The molecule has 1 heterocycles. The van der Waals surface area contributed by atoms with Crippen LogP contribution in [0.15, 0.2) is 77.8 Å². The number of nitrogens with one attached hydrogen (secondary N) is 2. The molecule has 0 atom stereocenters. The monoisotopic (exact) mass is 372 g/mol. The van der Waals surface area contributed by atoms with Crippen molar-refractivity contribution in [1.29, 1.82) is 0 Å². The van der Waals surface area contributed by atoms with E-state index >= 15 is 0 Å². The molecule has 0 saturated heterocycles. The minimum absolute atomic E-state index is 0.641. The molecule has 4 nitrogen and oxygen atoms in total. The van der Waals surface area contributed by atoms with Crippen LogP contribution >= 0.6 is 11.3 Å². The second-order valence-corrected chi connectivity index (χ2v) is 7.42. The topological polar surface area (TPSA) is 49.3 Å². The number of hydrogen-bond donors (Lipinski definition) is 2. The number of thiazole rings is 1. The highest BCUT2D eigenvalue weighted by Crippen LogP contribution is 2.28. The maximum absolute atomic E-state index is 4.73. The van der Waals surface area contributed by atoms with Crippen LogP contribution in [0.4, 0.5) is 16.5 Å². The molecule has 134 valence electrons. The fourth-order valence-corrected chi connectivity index (χ4v) is 3.48. The third-order valence-electron chi connectivity index (χ3n) is 4.12. The zero-order chi connectivity index (χ0) is 18.6. The lowest BCUT2D eigenvalue weighted by atomic mass is 10.2. The highest BCUT2D eigenvalue weighted by molar-refractivity contribution is 7.22. The molecule has 0 spiro atoms. The molecule has 0 aliphatic heterocycles. The normalized spacial score (nSPS) is 10.6. The molecule has 5 heteroatoms. The maximum Gasteiger partial charge on any atom is 0.213 e. The number of fused-ring (bicyclic) bond motifs is 1. The Morgan fingerprint density at radius 2 is 1.33 bits per heavy atom. The van der Waals surface area contributed by atoms with Gasteiger partial charge in [0.1, 0.15) is 0 Å². The molecular weight excluding hydrogens is 352 g/mol. The number of aromatic nitrogens is 1. The molecule has 0 aliphatic rings. The van der Waals surface area contributed by atoms with Crippen LogP contribution in [0.1, 0.15) is 11.1 Å². The Morgan fingerprint density at radius 1 is 0.778 bits per heavy atom. The summed E-state index contributed by atoms with van der Waals surface area (Å²) in [5, 5.41) is 7.45. The summed E-state index contributed by atoms with van der Waals surface area (Å²) < 4.78 is 1.13. The Labute approximate surface area is 162 Å². The number of hydrogen-bond acceptors (Lipinski definition) is 3. The van der Waals surface area contributed by atoms with Crippen molar-refractivity contribution in [2.24, 2.45) is 4.99 Å². The number of aryl methyl sites for hydroxylation is 2. The summed E-state index contributed by atoms with van der Waals surface area (Å²) in [6.07, 6.45) is 0. The lowest BCUT2D eigenvalue weighted by molar-refractivity contribution is 1.38. The van der Waals surface area contributed by atoms with Crippen LogP contribution in [0.3, 0.4) is 0 Å². The van der Waals surface area contributed by atoms with Crippen LogP contribution in [0, 0.1) is 13.8 Å². The van der Waals surface area contributed by atoms with Gasteiger partial charge in [-0.3, -0.25) is 0 Å². The predicted octanol–water partition coefficient (Wildman–Crippen LogP) is 6.12. The molecule has 4 rings (SSSR count). The first-order chi connectivity index (χ1) is 13.2. The van der Waals surface area contributed by atoms with Gasteiger partial charge in [0.15, 0.2) is 0 Å². The van der Waals surface area contributed by atoms with Gasteiger partial charge in [-0.15, -0.1) is 0 Å². The fraction of sp³-hybridized carbons (Fsp3) is 0.0909. The van der Waals surface area contributed by atoms with Crippen molar-refractivity contribution in [2.45, 2.75) is 13.8 Å². The van der Waals surface area contributed by atoms with Gasteiger partial charge in [-0.05, 0) is 50.2 Å². The average molecular weight is 372 g/mol. The molecule has 0 aliphatic carbocycles. The van der Waals surface area contributed by atoms with Gasteiger partial charge in [-0.2, -0.15) is 4.99 Å². The number of rotatable bonds is 3. The van der Waals surface area contributed by atoms with E-state index in [0.717, 1.165) is 21.6 Å². The lowest BCUT2D eigenvalue weighted by Crippen LogP contribution is -2.21. The number of para-hydroxylation sites is 1. The minimum atomic E-state index is 0.641. The molecule has 0 amide bonds. The molecular formula is C22H20N4S. The zero-order valence-electron chi connectivity index (χ0n) is 15.2. The van der Waals surface area contributed by atoms with Crippen LogP contribution in [0.25, 0.3) is 10.2 Å². The summed E-state index contributed by atoms with van der Waals surface area (Å²) >= 11 is 1.57. The van der Waals surface area contributed by atoms with E-state index in [1.165, 1.54) is 11.1 Å². The van der Waals surface area contributed by atoms with Crippen LogP contribution in [-0.2, 0) is 0 Å². The van der Waals surface area contributed by atoms with Gasteiger partial charge in [0.25, 0.3) is 0 Å². The third kappa shape index (κ3) is 4.33.